The first kappa shape index (κ1) is 23.4. The summed E-state index contributed by atoms with van der Waals surface area (Å²) in [6, 6.07) is 1.73. The van der Waals surface area contributed by atoms with Crippen LogP contribution in [0.2, 0.25) is 0 Å². The van der Waals surface area contributed by atoms with E-state index in [2.05, 4.69) is 46.3 Å². The van der Waals surface area contributed by atoms with Crippen LogP contribution in [-0.4, -0.2) is 96.8 Å². The smallest absolute Gasteiger partial charge is 0.245 e. The second-order valence-corrected chi connectivity index (χ2v) is 9.91. The number of ether oxygens (including phenoxy) is 1. The summed E-state index contributed by atoms with van der Waals surface area (Å²) in [6.45, 7) is 10.9. The van der Waals surface area contributed by atoms with Crippen LogP contribution >= 0.6 is 0 Å². The van der Waals surface area contributed by atoms with Gasteiger partial charge in [-0.3, -0.25) is 9.69 Å². The fourth-order valence-corrected chi connectivity index (χ4v) is 5.56. The number of hydrogen-bond acceptors (Lipinski definition) is 7. The molecule has 1 aromatic heterocycles. The molecule has 3 saturated heterocycles. The van der Waals surface area contributed by atoms with Gasteiger partial charge in [0.05, 0.1) is 0 Å². The van der Waals surface area contributed by atoms with E-state index < -0.39 is 0 Å². The van der Waals surface area contributed by atoms with E-state index in [0.29, 0.717) is 30.6 Å². The van der Waals surface area contributed by atoms with Crippen molar-refractivity contribution in [3.8, 4) is 0 Å². The van der Waals surface area contributed by atoms with Crippen molar-refractivity contribution in [2.24, 2.45) is 0 Å². The highest BCUT2D eigenvalue weighted by Gasteiger charge is 2.41. The monoisotopic (exact) mass is 444 g/mol. The van der Waals surface area contributed by atoms with Crippen LogP contribution in [0.4, 0.5) is 5.95 Å². The third-order valence-electron chi connectivity index (χ3n) is 7.44. The molecule has 4 heterocycles. The van der Waals surface area contributed by atoms with Gasteiger partial charge in [-0.25, -0.2) is 9.97 Å². The number of aromatic nitrogens is 2. The molecule has 3 aliphatic heterocycles. The van der Waals surface area contributed by atoms with Crippen molar-refractivity contribution in [3.63, 3.8) is 0 Å². The topological polar surface area (TPSA) is 73.8 Å². The Kier molecular flexibility index (Phi) is 7.97. The second kappa shape index (κ2) is 10.9. The average molecular weight is 445 g/mol. The Labute approximate surface area is 192 Å². The maximum Gasteiger partial charge on any atom is 0.245 e. The molecule has 1 N–H and O–H groups in total. The molecule has 178 valence electrons. The summed E-state index contributed by atoms with van der Waals surface area (Å²) in [6.07, 6.45) is 9.96. The molecule has 2 atom stereocenters. The van der Waals surface area contributed by atoms with Crippen LogP contribution in [-0.2, 0) is 9.53 Å². The zero-order valence-corrected chi connectivity index (χ0v) is 20.0. The number of anilines is 1. The highest BCUT2D eigenvalue weighted by molar-refractivity contribution is 5.77. The van der Waals surface area contributed by atoms with E-state index in [1.54, 1.807) is 7.11 Å². The molecule has 3 aliphatic rings. The molecule has 32 heavy (non-hydrogen) atoms. The van der Waals surface area contributed by atoms with Gasteiger partial charge in [0, 0.05) is 57.3 Å². The number of amides is 1. The van der Waals surface area contributed by atoms with Crippen molar-refractivity contribution in [3.05, 3.63) is 18.0 Å². The molecule has 1 amide bonds. The molecule has 8 heteroatoms. The molecule has 1 aromatic rings. The molecule has 2 unspecified atom stereocenters. The number of piperidine rings is 1. The molecule has 3 fully saturated rings. The van der Waals surface area contributed by atoms with Gasteiger partial charge >= 0.3 is 0 Å². The van der Waals surface area contributed by atoms with E-state index >= 15 is 0 Å². The largest absolute Gasteiger partial charge is 0.375 e. The van der Waals surface area contributed by atoms with Crippen molar-refractivity contribution in [1.29, 1.82) is 0 Å². The van der Waals surface area contributed by atoms with Crippen molar-refractivity contribution >= 4 is 11.9 Å². The zero-order valence-electron chi connectivity index (χ0n) is 20.0. The number of nitrogens with zero attached hydrogens (tertiary/aromatic N) is 5. The Morgan fingerprint density at radius 3 is 2.38 bits per heavy atom. The lowest BCUT2D eigenvalue weighted by Gasteiger charge is -2.42. The minimum atomic E-state index is -0.0375. The van der Waals surface area contributed by atoms with Crippen molar-refractivity contribution < 1.29 is 9.53 Å². The highest BCUT2D eigenvalue weighted by atomic mass is 16.5. The molecule has 0 spiro atoms. The number of methoxy groups -OCH3 is 1. The van der Waals surface area contributed by atoms with Gasteiger partial charge in [0.2, 0.25) is 11.9 Å². The minimum absolute atomic E-state index is 0.0375. The predicted molar refractivity (Wildman–Crippen MR) is 126 cm³/mol. The van der Waals surface area contributed by atoms with Gasteiger partial charge in [0.1, 0.15) is 6.61 Å². The van der Waals surface area contributed by atoms with Crippen molar-refractivity contribution in [2.75, 3.05) is 57.9 Å². The number of hydrogen-bond donors (Lipinski definition) is 1. The van der Waals surface area contributed by atoms with Gasteiger partial charge in [-0.05, 0) is 77.1 Å². The Hall–Kier alpha value is -1.77. The summed E-state index contributed by atoms with van der Waals surface area (Å²) in [5.41, 5.74) is 1.29. The summed E-state index contributed by atoms with van der Waals surface area (Å²) < 4.78 is 4.84. The van der Waals surface area contributed by atoms with Crippen LogP contribution in [0.1, 0.15) is 57.4 Å². The fraction of sp³-hybridized carbons (Fsp3) is 0.792. The molecule has 0 aliphatic carbocycles. The van der Waals surface area contributed by atoms with Crippen LogP contribution in [0.25, 0.3) is 0 Å². The molecule has 0 saturated carbocycles. The van der Waals surface area contributed by atoms with Gasteiger partial charge in [-0.15, -0.1) is 0 Å². The number of fused-ring (bicyclic) bond motifs is 2. The third kappa shape index (κ3) is 5.58. The number of carbonyl (C=O) groups excluding carboxylic acids is 1. The first-order valence-electron chi connectivity index (χ1n) is 12.4. The lowest BCUT2D eigenvalue weighted by Crippen LogP contribution is -2.56. The maximum absolute atomic E-state index is 11.4. The lowest BCUT2D eigenvalue weighted by atomic mass is 9.91. The van der Waals surface area contributed by atoms with E-state index in [4.69, 9.17) is 14.7 Å². The molecule has 0 aromatic carbocycles. The van der Waals surface area contributed by atoms with E-state index in [0.717, 1.165) is 57.9 Å². The molecule has 2 bridgehead atoms. The quantitative estimate of drug-likeness (QED) is 0.583. The fourth-order valence-electron chi connectivity index (χ4n) is 5.56. The summed E-state index contributed by atoms with van der Waals surface area (Å²) in [5, 5.41) is 2.89. The summed E-state index contributed by atoms with van der Waals surface area (Å²) in [7, 11) is 1.54. The summed E-state index contributed by atoms with van der Waals surface area (Å²) >= 11 is 0. The zero-order chi connectivity index (χ0) is 22.5. The van der Waals surface area contributed by atoms with E-state index in [1.165, 1.54) is 18.4 Å². The Morgan fingerprint density at radius 2 is 1.78 bits per heavy atom. The average Bonchev–Trinajstić information content (AvgIpc) is 3.06. The number of rotatable bonds is 9. The highest BCUT2D eigenvalue weighted by Crippen LogP contribution is 2.34. The van der Waals surface area contributed by atoms with Crippen LogP contribution in [0, 0.1) is 0 Å². The van der Waals surface area contributed by atoms with E-state index in [9.17, 15) is 4.79 Å². The Bertz CT molecular complexity index is 721. The minimum Gasteiger partial charge on any atom is -0.375 e. The number of likely N-dealkylation sites (tertiary alicyclic amines) is 2. The third-order valence-corrected chi connectivity index (χ3v) is 7.44. The molecular weight excluding hydrogens is 404 g/mol. The number of nitrogens with one attached hydrogen (secondary N) is 1. The van der Waals surface area contributed by atoms with Gasteiger partial charge in [-0.1, -0.05) is 0 Å². The van der Waals surface area contributed by atoms with E-state index in [-0.39, 0.29) is 12.5 Å². The van der Waals surface area contributed by atoms with Crippen LogP contribution < -0.4 is 10.2 Å². The first-order chi connectivity index (χ1) is 15.5. The number of piperazine rings is 1. The maximum atomic E-state index is 11.4. The van der Waals surface area contributed by atoms with Gasteiger partial charge < -0.3 is 19.9 Å². The first-order valence-corrected chi connectivity index (χ1v) is 12.4. The van der Waals surface area contributed by atoms with E-state index in [1.807, 2.05) is 0 Å². The van der Waals surface area contributed by atoms with Gasteiger partial charge in [-0.2, -0.15) is 0 Å². The van der Waals surface area contributed by atoms with Gasteiger partial charge in [0.25, 0.3) is 0 Å². The van der Waals surface area contributed by atoms with Crippen LogP contribution in [0.15, 0.2) is 12.4 Å². The molecule has 0 radical (unpaired) electrons. The summed E-state index contributed by atoms with van der Waals surface area (Å²) in [4.78, 5) is 28.7. The standard InChI is InChI=1S/C24H40N6O2/c1-18(2)29-15-21-5-6-22(16-29)30(21)24-26-13-20(14-27-24)19-7-11-28(12-8-19)10-4-9-25-23(31)17-32-3/h13-14,18-19,21-22H,4-12,15-17H2,1-3H3,(H,25,31). The van der Waals surface area contributed by atoms with Crippen molar-refractivity contribution in [2.45, 2.75) is 70.0 Å². The van der Waals surface area contributed by atoms with Crippen molar-refractivity contribution in [1.82, 2.24) is 25.1 Å². The second-order valence-electron chi connectivity index (χ2n) is 9.91. The normalized spacial score (nSPS) is 24.9. The summed E-state index contributed by atoms with van der Waals surface area (Å²) in [5.74, 6) is 1.44. The van der Waals surface area contributed by atoms with Crippen LogP contribution in [0.5, 0.6) is 0 Å². The molecular formula is C24H40N6O2. The molecule has 4 rings (SSSR count). The Morgan fingerprint density at radius 1 is 1.12 bits per heavy atom. The Balaban J connectivity index is 1.22. The number of carbonyl (C=O) groups is 1. The molecule has 8 nitrogen and oxygen atoms in total. The van der Waals surface area contributed by atoms with Crippen LogP contribution in [0.3, 0.4) is 0 Å². The predicted octanol–water partition coefficient (Wildman–Crippen LogP) is 1.87. The lowest BCUT2D eigenvalue weighted by molar-refractivity contribution is -0.124. The van der Waals surface area contributed by atoms with Gasteiger partial charge in [0.15, 0.2) is 0 Å². The SMILES string of the molecule is COCC(=O)NCCCN1CCC(c2cnc(N3C4CCC3CN(C(C)C)C4)nc2)CC1.